The monoisotopic (exact) mass is 401 g/mol. The Morgan fingerprint density at radius 1 is 1.29 bits per heavy atom. The Morgan fingerprint density at radius 3 is 2.46 bits per heavy atom. The van der Waals surface area contributed by atoms with Crippen LogP contribution in [0.25, 0.3) is 0 Å². The fourth-order valence-corrected chi connectivity index (χ4v) is 2.73. The molecule has 10 heteroatoms. The first-order valence-corrected chi connectivity index (χ1v) is 8.77. The smallest absolute Gasteiger partial charge is 0.438 e. The summed E-state index contributed by atoms with van der Waals surface area (Å²) in [7, 11) is 1.44. The minimum atomic E-state index is -5.17. The third kappa shape index (κ3) is 4.61. The summed E-state index contributed by atoms with van der Waals surface area (Å²) in [5, 5.41) is 15.8. The van der Waals surface area contributed by atoms with Crippen molar-refractivity contribution in [2.45, 2.75) is 50.9 Å². The van der Waals surface area contributed by atoms with Crippen molar-refractivity contribution in [2.24, 2.45) is 5.10 Å². The van der Waals surface area contributed by atoms with E-state index in [2.05, 4.69) is 10.4 Å². The van der Waals surface area contributed by atoms with Gasteiger partial charge in [-0.05, 0) is 37.1 Å². The molecule has 0 bridgehead atoms. The summed E-state index contributed by atoms with van der Waals surface area (Å²) >= 11 is 0. The van der Waals surface area contributed by atoms with E-state index in [9.17, 15) is 27.9 Å². The van der Waals surface area contributed by atoms with Crippen LogP contribution in [0.4, 0.5) is 18.9 Å². The van der Waals surface area contributed by atoms with Crippen LogP contribution in [0.5, 0.6) is 5.75 Å². The first-order chi connectivity index (χ1) is 13.1. The first-order valence-electron chi connectivity index (χ1n) is 8.77. The van der Waals surface area contributed by atoms with Crippen molar-refractivity contribution in [3.8, 4) is 5.75 Å². The highest BCUT2D eigenvalue weighted by Crippen LogP contribution is 2.41. The number of hydrazone groups is 1. The summed E-state index contributed by atoms with van der Waals surface area (Å²) in [5.41, 5.74) is -3.33. The largest absolute Gasteiger partial charge is 0.497 e. The molecule has 2 rings (SSSR count). The lowest BCUT2D eigenvalue weighted by Gasteiger charge is -2.32. The second-order valence-corrected chi connectivity index (χ2v) is 6.41. The predicted molar refractivity (Wildman–Crippen MR) is 95.7 cm³/mol. The highest BCUT2D eigenvalue weighted by Gasteiger charge is 2.63. The van der Waals surface area contributed by atoms with Gasteiger partial charge >= 0.3 is 18.0 Å². The number of halogens is 3. The quantitative estimate of drug-likeness (QED) is 0.566. The van der Waals surface area contributed by atoms with Crippen molar-refractivity contribution in [3.63, 3.8) is 0 Å². The SMILES string of the molecule is CCCCCC1=NN(C(=O)C(=O)Nc2ccc(OC)cc2)[C@](O)(C(F)(F)F)C1. The van der Waals surface area contributed by atoms with Crippen molar-refractivity contribution in [3.05, 3.63) is 24.3 Å². The van der Waals surface area contributed by atoms with Gasteiger partial charge in [-0.3, -0.25) is 9.59 Å². The topological polar surface area (TPSA) is 91.2 Å². The number of hydrogen-bond acceptors (Lipinski definition) is 5. The molecular weight excluding hydrogens is 379 g/mol. The number of nitrogens with one attached hydrogen (secondary N) is 1. The van der Waals surface area contributed by atoms with Gasteiger partial charge in [-0.25, -0.2) is 0 Å². The van der Waals surface area contributed by atoms with Crippen molar-refractivity contribution in [1.29, 1.82) is 0 Å². The molecule has 2 N–H and O–H groups in total. The molecule has 0 aromatic heterocycles. The van der Waals surface area contributed by atoms with Crippen LogP contribution < -0.4 is 10.1 Å². The molecule has 1 aliphatic rings. The Hall–Kier alpha value is -2.62. The summed E-state index contributed by atoms with van der Waals surface area (Å²) in [6.45, 7) is 1.93. The molecule has 0 saturated carbocycles. The highest BCUT2D eigenvalue weighted by molar-refractivity contribution is 6.39. The molecule has 0 aliphatic carbocycles. The van der Waals surface area contributed by atoms with Gasteiger partial charge in [0.05, 0.1) is 7.11 Å². The predicted octanol–water partition coefficient (Wildman–Crippen LogP) is 3.05. The van der Waals surface area contributed by atoms with E-state index in [4.69, 9.17) is 4.74 Å². The normalized spacial score (nSPS) is 19.4. The summed E-state index contributed by atoms with van der Waals surface area (Å²) in [5.74, 6) is -2.44. The van der Waals surface area contributed by atoms with E-state index in [0.717, 1.165) is 12.8 Å². The number of ether oxygens (including phenoxy) is 1. The molecule has 1 atom stereocenters. The molecule has 0 spiro atoms. The minimum Gasteiger partial charge on any atom is -0.497 e. The van der Waals surface area contributed by atoms with Crippen LogP contribution in [0.3, 0.4) is 0 Å². The maximum atomic E-state index is 13.4. The van der Waals surface area contributed by atoms with Gasteiger partial charge in [0.1, 0.15) is 5.75 Å². The van der Waals surface area contributed by atoms with Crippen LogP contribution in [0.2, 0.25) is 0 Å². The van der Waals surface area contributed by atoms with Crippen LogP contribution in [0.15, 0.2) is 29.4 Å². The van der Waals surface area contributed by atoms with Crippen molar-refractivity contribution >= 4 is 23.2 Å². The maximum absolute atomic E-state index is 13.4. The number of unbranched alkanes of at least 4 members (excludes halogenated alkanes) is 2. The Bertz CT molecular complexity index is 749. The van der Waals surface area contributed by atoms with Crippen molar-refractivity contribution < 1.29 is 32.6 Å². The lowest BCUT2D eigenvalue weighted by molar-refractivity contribution is -0.301. The van der Waals surface area contributed by atoms with E-state index in [0.29, 0.717) is 12.2 Å². The molecular formula is C18H22F3N3O4. The van der Waals surface area contributed by atoms with E-state index >= 15 is 0 Å². The third-order valence-electron chi connectivity index (χ3n) is 4.30. The summed E-state index contributed by atoms with van der Waals surface area (Å²) in [6, 6.07) is 5.85. The minimum absolute atomic E-state index is 0.0267. The maximum Gasteiger partial charge on any atom is 0.438 e. The molecule has 0 unspecified atom stereocenters. The van der Waals surface area contributed by atoms with Gasteiger partial charge in [-0.2, -0.15) is 23.3 Å². The Balaban J connectivity index is 2.18. The van der Waals surface area contributed by atoms with Crippen molar-refractivity contribution in [1.82, 2.24) is 5.01 Å². The number of carbonyl (C=O) groups is 2. The molecule has 1 heterocycles. The molecule has 7 nitrogen and oxygen atoms in total. The van der Waals surface area contributed by atoms with Crippen LogP contribution in [-0.2, 0) is 9.59 Å². The van der Waals surface area contributed by atoms with E-state index < -0.39 is 30.1 Å². The number of amides is 2. The Morgan fingerprint density at radius 2 is 1.93 bits per heavy atom. The number of aliphatic hydroxyl groups is 1. The first kappa shape index (κ1) is 21.7. The number of hydrogen-bond donors (Lipinski definition) is 2. The zero-order valence-corrected chi connectivity index (χ0v) is 15.5. The summed E-state index contributed by atoms with van der Waals surface area (Å²) in [6.07, 6.45) is -3.64. The van der Waals surface area contributed by atoms with E-state index in [1.54, 1.807) is 0 Å². The number of alkyl halides is 3. The average molecular weight is 401 g/mol. The third-order valence-corrected chi connectivity index (χ3v) is 4.30. The van der Waals surface area contributed by atoms with Gasteiger partial charge in [0, 0.05) is 17.8 Å². The Kier molecular flexibility index (Phi) is 6.65. The molecule has 0 fully saturated rings. The molecule has 1 aliphatic heterocycles. The van der Waals surface area contributed by atoms with E-state index in [-0.39, 0.29) is 22.8 Å². The molecule has 154 valence electrons. The summed E-state index contributed by atoms with van der Waals surface area (Å²) in [4.78, 5) is 24.5. The summed E-state index contributed by atoms with van der Waals surface area (Å²) < 4.78 is 45.2. The Labute approximate surface area is 160 Å². The zero-order chi connectivity index (χ0) is 20.9. The molecule has 2 amide bonds. The van der Waals surface area contributed by atoms with Crippen LogP contribution in [-0.4, -0.2) is 46.7 Å². The van der Waals surface area contributed by atoms with Crippen LogP contribution in [0, 0.1) is 0 Å². The molecule has 28 heavy (non-hydrogen) atoms. The lowest BCUT2D eigenvalue weighted by atomic mass is 10.0. The molecule has 0 radical (unpaired) electrons. The fourth-order valence-electron chi connectivity index (χ4n) is 2.73. The number of anilines is 1. The van der Waals surface area contributed by atoms with Gasteiger partial charge in [-0.15, -0.1) is 0 Å². The average Bonchev–Trinajstić information content (AvgIpc) is 2.99. The van der Waals surface area contributed by atoms with Crippen molar-refractivity contribution in [2.75, 3.05) is 12.4 Å². The van der Waals surface area contributed by atoms with Crippen LogP contribution >= 0.6 is 0 Å². The molecule has 1 aromatic rings. The number of benzene rings is 1. The standard InChI is InChI=1S/C18H22F3N3O4/c1-3-4-5-6-13-11-17(27,18(19,20)21)24(23-13)16(26)15(25)22-12-7-9-14(28-2)10-8-12/h7-10,27H,3-6,11H2,1-2H3,(H,22,25)/t17-/m1/s1. The second kappa shape index (κ2) is 8.59. The fraction of sp³-hybridized carbons (Fsp3) is 0.500. The highest BCUT2D eigenvalue weighted by atomic mass is 19.4. The van der Waals surface area contributed by atoms with Gasteiger partial charge in [0.25, 0.3) is 5.72 Å². The van der Waals surface area contributed by atoms with Gasteiger partial charge in [0.2, 0.25) is 0 Å². The lowest BCUT2D eigenvalue weighted by Crippen LogP contribution is -2.58. The van der Waals surface area contributed by atoms with Gasteiger partial charge < -0.3 is 15.2 Å². The number of nitrogens with zero attached hydrogens (tertiary/aromatic N) is 2. The van der Waals surface area contributed by atoms with Gasteiger partial charge in [0.15, 0.2) is 0 Å². The number of methoxy groups -OCH3 is 1. The second-order valence-electron chi connectivity index (χ2n) is 6.41. The number of rotatable bonds is 6. The van der Waals surface area contributed by atoms with Gasteiger partial charge in [-0.1, -0.05) is 19.8 Å². The van der Waals surface area contributed by atoms with E-state index in [1.807, 2.05) is 6.92 Å². The molecule has 1 aromatic carbocycles. The van der Waals surface area contributed by atoms with Crippen LogP contribution in [0.1, 0.15) is 39.0 Å². The molecule has 0 saturated heterocycles. The number of carbonyl (C=O) groups excluding carboxylic acids is 2. The zero-order valence-electron chi connectivity index (χ0n) is 15.5. The van der Waals surface area contributed by atoms with E-state index in [1.165, 1.54) is 31.4 Å².